The Morgan fingerprint density at radius 2 is 2.00 bits per heavy atom. The van der Waals surface area contributed by atoms with Crippen LogP contribution in [0.1, 0.15) is 20.3 Å². The van der Waals surface area contributed by atoms with Gasteiger partial charge in [-0.05, 0) is 5.92 Å². The van der Waals surface area contributed by atoms with Crippen LogP contribution in [0.3, 0.4) is 0 Å². The van der Waals surface area contributed by atoms with Gasteiger partial charge in [-0.25, -0.2) is 8.42 Å². The minimum Gasteiger partial charge on any atom is -0.340 e. The topological polar surface area (TPSA) is 86.4 Å². The zero-order valence-electron chi connectivity index (χ0n) is 11.7. The van der Waals surface area contributed by atoms with Gasteiger partial charge < -0.3 is 4.90 Å². The zero-order chi connectivity index (χ0) is 14.8. The third kappa shape index (κ3) is 3.18. The molecule has 1 aromatic heterocycles. The van der Waals surface area contributed by atoms with Crippen molar-refractivity contribution >= 4 is 15.9 Å². The van der Waals surface area contributed by atoms with Crippen LogP contribution in [-0.2, 0) is 14.8 Å². The molecule has 1 saturated heterocycles. The first-order chi connectivity index (χ1) is 9.41. The first-order valence-electron chi connectivity index (χ1n) is 6.68. The molecule has 1 aliphatic heterocycles. The molecule has 0 atom stereocenters. The smallest absolute Gasteiger partial charge is 0.246 e. The fourth-order valence-electron chi connectivity index (χ4n) is 2.19. The molecular formula is C12H20N4O3S. The van der Waals surface area contributed by atoms with Crippen LogP contribution in [0.5, 0.6) is 0 Å². The monoisotopic (exact) mass is 300 g/mol. The van der Waals surface area contributed by atoms with Crippen LogP contribution in [0.4, 0.5) is 0 Å². The second kappa shape index (κ2) is 5.92. The highest BCUT2D eigenvalue weighted by Gasteiger charge is 2.30. The molecule has 2 heterocycles. The number of carbonyl (C=O) groups excluding carboxylic acids is 1. The number of piperazine rings is 1. The second-order valence-corrected chi connectivity index (χ2v) is 7.25. The Kier molecular flexibility index (Phi) is 4.44. The molecule has 0 radical (unpaired) electrons. The van der Waals surface area contributed by atoms with Crippen LogP contribution in [0.2, 0.25) is 0 Å². The molecule has 0 bridgehead atoms. The summed E-state index contributed by atoms with van der Waals surface area (Å²) < 4.78 is 25.9. The molecule has 0 aliphatic carbocycles. The van der Waals surface area contributed by atoms with Gasteiger partial charge in [0.25, 0.3) is 0 Å². The van der Waals surface area contributed by atoms with E-state index in [-0.39, 0.29) is 10.8 Å². The summed E-state index contributed by atoms with van der Waals surface area (Å²) in [4.78, 5) is 13.8. The average molecular weight is 300 g/mol. The Bertz CT molecular complexity index is 545. The van der Waals surface area contributed by atoms with E-state index in [1.807, 2.05) is 13.8 Å². The maximum absolute atomic E-state index is 12.3. The number of nitrogens with zero attached hydrogens (tertiary/aromatic N) is 3. The van der Waals surface area contributed by atoms with Gasteiger partial charge in [-0.1, -0.05) is 13.8 Å². The Morgan fingerprint density at radius 3 is 2.50 bits per heavy atom. The molecule has 1 N–H and O–H groups in total. The lowest BCUT2D eigenvalue weighted by atomic mass is 10.1. The number of H-pyrrole nitrogens is 1. The van der Waals surface area contributed by atoms with Crippen molar-refractivity contribution in [2.45, 2.75) is 25.2 Å². The van der Waals surface area contributed by atoms with E-state index in [4.69, 9.17) is 0 Å². The summed E-state index contributed by atoms with van der Waals surface area (Å²) in [5.74, 6) is 0.413. The van der Waals surface area contributed by atoms with Crippen molar-refractivity contribution in [3.05, 3.63) is 12.4 Å². The maximum atomic E-state index is 12.3. The molecule has 2 rings (SSSR count). The number of aromatic amines is 1. The first kappa shape index (κ1) is 15.0. The number of nitrogens with one attached hydrogen (secondary N) is 1. The standard InChI is InChI=1S/C12H20N4O3S/c1-10(2)7-12(17)15-3-5-16(6-4-15)20(18,19)11-8-13-14-9-11/h8-10H,3-7H2,1-2H3,(H,13,14). The van der Waals surface area contributed by atoms with Gasteiger partial charge in [0.15, 0.2) is 0 Å². The van der Waals surface area contributed by atoms with Crippen LogP contribution in [0.15, 0.2) is 17.3 Å². The Balaban J connectivity index is 1.96. The number of sulfonamides is 1. The summed E-state index contributed by atoms with van der Waals surface area (Å²) in [6, 6.07) is 0. The minimum atomic E-state index is -3.49. The Labute approximate surface area is 119 Å². The molecule has 7 nitrogen and oxygen atoms in total. The van der Waals surface area contributed by atoms with Crippen LogP contribution in [-0.4, -0.2) is 59.9 Å². The van der Waals surface area contributed by atoms with Crippen molar-refractivity contribution in [2.75, 3.05) is 26.2 Å². The first-order valence-corrected chi connectivity index (χ1v) is 8.12. The van der Waals surface area contributed by atoms with Crippen LogP contribution in [0, 0.1) is 5.92 Å². The fraction of sp³-hybridized carbons (Fsp3) is 0.667. The van der Waals surface area contributed by atoms with E-state index >= 15 is 0 Å². The van der Waals surface area contributed by atoms with E-state index < -0.39 is 10.0 Å². The number of carbonyl (C=O) groups is 1. The summed E-state index contributed by atoms with van der Waals surface area (Å²) >= 11 is 0. The minimum absolute atomic E-state index is 0.0976. The molecule has 1 amide bonds. The Hall–Kier alpha value is -1.41. The predicted octanol–water partition coefficient (Wildman–Crippen LogP) is 0.289. The van der Waals surface area contributed by atoms with E-state index in [0.717, 1.165) is 0 Å². The summed E-state index contributed by atoms with van der Waals surface area (Å²) in [7, 11) is -3.49. The average Bonchev–Trinajstić information content (AvgIpc) is 2.92. The van der Waals surface area contributed by atoms with Crippen molar-refractivity contribution in [3.8, 4) is 0 Å². The van der Waals surface area contributed by atoms with E-state index in [9.17, 15) is 13.2 Å². The van der Waals surface area contributed by atoms with Gasteiger partial charge in [-0.2, -0.15) is 9.40 Å². The third-order valence-corrected chi connectivity index (χ3v) is 5.15. The summed E-state index contributed by atoms with van der Waals surface area (Å²) in [5.41, 5.74) is 0. The van der Waals surface area contributed by atoms with Gasteiger partial charge >= 0.3 is 0 Å². The maximum Gasteiger partial charge on any atom is 0.246 e. The molecule has 20 heavy (non-hydrogen) atoms. The van der Waals surface area contributed by atoms with Crippen LogP contribution < -0.4 is 0 Å². The second-order valence-electron chi connectivity index (χ2n) is 5.32. The van der Waals surface area contributed by atoms with Crippen molar-refractivity contribution in [3.63, 3.8) is 0 Å². The number of hydrogen-bond donors (Lipinski definition) is 1. The highest BCUT2D eigenvalue weighted by molar-refractivity contribution is 7.89. The van der Waals surface area contributed by atoms with Gasteiger partial charge in [0, 0.05) is 38.8 Å². The fourth-order valence-corrected chi connectivity index (χ4v) is 3.52. The summed E-state index contributed by atoms with van der Waals surface area (Å²) in [6.07, 6.45) is 3.17. The van der Waals surface area contributed by atoms with Gasteiger partial charge in [-0.15, -0.1) is 0 Å². The number of aromatic nitrogens is 2. The summed E-state index contributed by atoms with van der Waals surface area (Å²) in [5, 5.41) is 6.17. The third-order valence-electron chi connectivity index (χ3n) is 3.29. The molecule has 1 fully saturated rings. The van der Waals surface area contributed by atoms with E-state index in [1.54, 1.807) is 4.90 Å². The van der Waals surface area contributed by atoms with Gasteiger partial charge in [0.05, 0.1) is 6.20 Å². The lowest BCUT2D eigenvalue weighted by Crippen LogP contribution is -2.50. The number of hydrogen-bond acceptors (Lipinski definition) is 4. The van der Waals surface area contributed by atoms with Crippen molar-refractivity contribution in [1.82, 2.24) is 19.4 Å². The molecule has 0 spiro atoms. The highest BCUT2D eigenvalue weighted by atomic mass is 32.2. The largest absolute Gasteiger partial charge is 0.340 e. The van der Waals surface area contributed by atoms with Crippen molar-refractivity contribution in [2.24, 2.45) is 5.92 Å². The van der Waals surface area contributed by atoms with Crippen LogP contribution >= 0.6 is 0 Å². The van der Waals surface area contributed by atoms with Gasteiger partial charge in [0.1, 0.15) is 4.90 Å². The molecule has 1 aromatic rings. The molecule has 112 valence electrons. The highest BCUT2D eigenvalue weighted by Crippen LogP contribution is 2.16. The quantitative estimate of drug-likeness (QED) is 0.866. The normalized spacial score (nSPS) is 17.6. The van der Waals surface area contributed by atoms with E-state index in [0.29, 0.717) is 38.5 Å². The molecular weight excluding hydrogens is 280 g/mol. The molecule has 0 aromatic carbocycles. The van der Waals surface area contributed by atoms with Gasteiger partial charge in [0.2, 0.25) is 15.9 Å². The van der Waals surface area contributed by atoms with Crippen molar-refractivity contribution in [1.29, 1.82) is 0 Å². The van der Waals surface area contributed by atoms with E-state index in [2.05, 4.69) is 10.2 Å². The Morgan fingerprint density at radius 1 is 1.35 bits per heavy atom. The van der Waals surface area contributed by atoms with Crippen LogP contribution in [0.25, 0.3) is 0 Å². The lowest BCUT2D eigenvalue weighted by Gasteiger charge is -2.34. The lowest BCUT2D eigenvalue weighted by molar-refractivity contribution is -0.133. The molecule has 0 unspecified atom stereocenters. The van der Waals surface area contributed by atoms with Gasteiger partial charge in [-0.3, -0.25) is 9.89 Å². The number of rotatable bonds is 4. The number of amides is 1. The summed E-state index contributed by atoms with van der Waals surface area (Å²) in [6.45, 7) is 5.55. The van der Waals surface area contributed by atoms with E-state index in [1.165, 1.54) is 16.7 Å². The zero-order valence-corrected chi connectivity index (χ0v) is 12.6. The molecule has 0 saturated carbocycles. The molecule has 1 aliphatic rings. The predicted molar refractivity (Wildman–Crippen MR) is 73.4 cm³/mol. The molecule has 8 heteroatoms. The SMILES string of the molecule is CC(C)CC(=O)N1CCN(S(=O)(=O)c2cn[nH]c2)CC1. The van der Waals surface area contributed by atoms with Crippen molar-refractivity contribution < 1.29 is 13.2 Å².